The number of hydrogen-bond acceptors (Lipinski definition) is 2. The average Bonchev–Trinajstić information content (AvgIpc) is 1.83. The standard InChI is InChI=1S/C6H7NOS/c1-4-2-7-3-5(9)6(4)8/h2-3,9H,1H3,(H,7,8). The number of aryl methyl sites for hydroxylation is 1. The highest BCUT2D eigenvalue weighted by atomic mass is 32.1. The van der Waals surface area contributed by atoms with Crippen LogP contribution in [0.25, 0.3) is 0 Å². The predicted octanol–water partition coefficient (Wildman–Crippen LogP) is 0.972. The Hall–Kier alpha value is -0.700. The maximum Gasteiger partial charge on any atom is 0.197 e. The van der Waals surface area contributed by atoms with Gasteiger partial charge in [0, 0.05) is 18.0 Å². The van der Waals surface area contributed by atoms with Gasteiger partial charge in [-0.1, -0.05) is 0 Å². The van der Waals surface area contributed by atoms with E-state index in [-0.39, 0.29) is 5.43 Å². The van der Waals surface area contributed by atoms with Gasteiger partial charge in [0.25, 0.3) is 0 Å². The molecule has 1 aromatic rings. The lowest BCUT2D eigenvalue weighted by Gasteiger charge is -1.90. The third kappa shape index (κ3) is 1.16. The van der Waals surface area contributed by atoms with Crippen molar-refractivity contribution in [1.29, 1.82) is 0 Å². The molecule has 0 radical (unpaired) electrons. The van der Waals surface area contributed by atoms with Gasteiger partial charge in [-0.25, -0.2) is 0 Å². The van der Waals surface area contributed by atoms with Crippen LogP contribution < -0.4 is 5.43 Å². The lowest BCUT2D eigenvalue weighted by Crippen LogP contribution is -2.05. The molecule has 0 spiro atoms. The monoisotopic (exact) mass is 141 g/mol. The summed E-state index contributed by atoms with van der Waals surface area (Å²) in [5.41, 5.74) is 0.694. The van der Waals surface area contributed by atoms with Crippen LogP contribution in [0.3, 0.4) is 0 Å². The third-order valence-corrected chi connectivity index (χ3v) is 1.44. The molecule has 2 nitrogen and oxygen atoms in total. The average molecular weight is 141 g/mol. The fourth-order valence-corrected chi connectivity index (χ4v) is 0.830. The Bertz CT molecular complexity index is 243. The van der Waals surface area contributed by atoms with E-state index in [9.17, 15) is 4.79 Å². The quantitative estimate of drug-likeness (QED) is 0.518. The topological polar surface area (TPSA) is 32.9 Å². The highest BCUT2D eigenvalue weighted by Gasteiger charge is 1.93. The van der Waals surface area contributed by atoms with Gasteiger partial charge in [0.1, 0.15) is 0 Å². The molecule has 0 aromatic carbocycles. The predicted molar refractivity (Wildman–Crippen MR) is 39.1 cm³/mol. The van der Waals surface area contributed by atoms with Crippen LogP contribution in [0.1, 0.15) is 5.56 Å². The van der Waals surface area contributed by atoms with Crippen molar-refractivity contribution < 1.29 is 0 Å². The molecule has 0 saturated carbocycles. The Balaban J connectivity index is 3.43. The van der Waals surface area contributed by atoms with E-state index in [1.165, 1.54) is 0 Å². The molecular formula is C6H7NOS. The number of hydrogen-bond donors (Lipinski definition) is 2. The number of pyridine rings is 1. The number of H-pyrrole nitrogens is 1. The third-order valence-electron chi connectivity index (χ3n) is 1.11. The highest BCUT2D eigenvalue weighted by molar-refractivity contribution is 7.80. The smallest absolute Gasteiger partial charge is 0.197 e. The van der Waals surface area contributed by atoms with Gasteiger partial charge in [0.15, 0.2) is 5.43 Å². The Morgan fingerprint density at radius 2 is 2.22 bits per heavy atom. The van der Waals surface area contributed by atoms with E-state index in [2.05, 4.69) is 17.6 Å². The number of aromatic nitrogens is 1. The molecule has 1 N–H and O–H groups in total. The Kier molecular flexibility index (Phi) is 1.62. The SMILES string of the molecule is Cc1c[nH]cc(S)c1=O. The zero-order chi connectivity index (χ0) is 6.85. The normalized spacial score (nSPS) is 9.56. The van der Waals surface area contributed by atoms with Crippen LogP contribution in [-0.4, -0.2) is 4.98 Å². The van der Waals surface area contributed by atoms with E-state index >= 15 is 0 Å². The van der Waals surface area contributed by atoms with E-state index in [1.807, 2.05) is 0 Å². The Morgan fingerprint density at radius 3 is 2.67 bits per heavy atom. The molecule has 0 bridgehead atoms. The molecule has 0 saturated heterocycles. The first kappa shape index (κ1) is 6.42. The van der Waals surface area contributed by atoms with Crippen LogP contribution in [0.4, 0.5) is 0 Å². The summed E-state index contributed by atoms with van der Waals surface area (Å²) >= 11 is 3.92. The van der Waals surface area contributed by atoms with Crippen LogP contribution in [0.15, 0.2) is 22.1 Å². The Labute approximate surface area is 58.3 Å². The van der Waals surface area contributed by atoms with Gasteiger partial charge in [0.2, 0.25) is 0 Å². The van der Waals surface area contributed by atoms with Crippen molar-refractivity contribution in [2.75, 3.05) is 0 Å². The minimum Gasteiger partial charge on any atom is -0.366 e. The van der Waals surface area contributed by atoms with Crippen LogP contribution in [-0.2, 0) is 0 Å². The summed E-state index contributed by atoms with van der Waals surface area (Å²) in [5, 5.41) is 0. The van der Waals surface area contributed by atoms with E-state index < -0.39 is 0 Å². The zero-order valence-electron chi connectivity index (χ0n) is 5.01. The molecule has 0 unspecified atom stereocenters. The zero-order valence-corrected chi connectivity index (χ0v) is 5.90. The van der Waals surface area contributed by atoms with Crippen molar-refractivity contribution in [3.63, 3.8) is 0 Å². The summed E-state index contributed by atoms with van der Waals surface area (Å²) in [6, 6.07) is 0. The maximum atomic E-state index is 10.9. The summed E-state index contributed by atoms with van der Waals surface area (Å²) in [6.07, 6.45) is 3.22. The second kappa shape index (κ2) is 2.27. The maximum absolute atomic E-state index is 10.9. The molecule has 1 heterocycles. The summed E-state index contributed by atoms with van der Waals surface area (Å²) in [4.78, 5) is 14.1. The van der Waals surface area contributed by atoms with E-state index in [0.717, 1.165) is 0 Å². The molecule has 9 heavy (non-hydrogen) atoms. The molecule has 3 heteroatoms. The van der Waals surface area contributed by atoms with Crippen molar-refractivity contribution in [3.8, 4) is 0 Å². The van der Waals surface area contributed by atoms with Crippen molar-refractivity contribution in [2.45, 2.75) is 11.8 Å². The van der Waals surface area contributed by atoms with E-state index in [1.54, 1.807) is 19.3 Å². The Morgan fingerprint density at radius 1 is 1.56 bits per heavy atom. The summed E-state index contributed by atoms with van der Waals surface area (Å²) < 4.78 is 0. The molecular weight excluding hydrogens is 134 g/mol. The van der Waals surface area contributed by atoms with Gasteiger partial charge in [0.05, 0.1) is 4.90 Å². The molecule has 0 aliphatic carbocycles. The van der Waals surface area contributed by atoms with E-state index in [0.29, 0.717) is 10.5 Å². The van der Waals surface area contributed by atoms with Crippen LogP contribution in [0.2, 0.25) is 0 Å². The molecule has 1 aromatic heterocycles. The van der Waals surface area contributed by atoms with Crippen molar-refractivity contribution >= 4 is 12.6 Å². The molecule has 0 atom stereocenters. The van der Waals surface area contributed by atoms with Gasteiger partial charge in [-0.05, 0) is 6.92 Å². The van der Waals surface area contributed by atoms with E-state index in [4.69, 9.17) is 0 Å². The summed E-state index contributed by atoms with van der Waals surface area (Å²) in [6.45, 7) is 1.75. The fourth-order valence-electron chi connectivity index (χ4n) is 0.579. The minimum absolute atomic E-state index is 0.00270. The van der Waals surface area contributed by atoms with Gasteiger partial charge in [-0.2, -0.15) is 0 Å². The number of nitrogens with one attached hydrogen (secondary N) is 1. The first-order chi connectivity index (χ1) is 4.22. The van der Waals surface area contributed by atoms with Gasteiger partial charge < -0.3 is 4.98 Å². The largest absolute Gasteiger partial charge is 0.366 e. The van der Waals surface area contributed by atoms with Crippen molar-refractivity contribution in [3.05, 3.63) is 28.2 Å². The lowest BCUT2D eigenvalue weighted by atomic mass is 10.3. The highest BCUT2D eigenvalue weighted by Crippen LogP contribution is 1.95. The van der Waals surface area contributed by atoms with Crippen LogP contribution in [0.5, 0.6) is 0 Å². The molecule has 0 aliphatic rings. The van der Waals surface area contributed by atoms with Crippen LogP contribution >= 0.6 is 12.6 Å². The molecule has 0 aliphatic heterocycles. The minimum atomic E-state index is -0.00270. The molecule has 48 valence electrons. The van der Waals surface area contributed by atoms with Gasteiger partial charge in [-0.15, -0.1) is 12.6 Å². The molecule has 1 rings (SSSR count). The molecule has 0 amide bonds. The first-order valence-electron chi connectivity index (χ1n) is 2.58. The number of rotatable bonds is 0. The van der Waals surface area contributed by atoms with Gasteiger partial charge >= 0.3 is 0 Å². The fraction of sp³-hybridized carbons (Fsp3) is 0.167. The lowest BCUT2D eigenvalue weighted by molar-refractivity contribution is 1.15. The van der Waals surface area contributed by atoms with Gasteiger partial charge in [-0.3, -0.25) is 4.79 Å². The first-order valence-corrected chi connectivity index (χ1v) is 3.03. The second-order valence-corrected chi connectivity index (χ2v) is 2.33. The summed E-state index contributed by atoms with van der Waals surface area (Å²) in [5.74, 6) is 0. The number of aromatic amines is 1. The summed E-state index contributed by atoms with van der Waals surface area (Å²) in [7, 11) is 0. The van der Waals surface area contributed by atoms with Crippen molar-refractivity contribution in [1.82, 2.24) is 4.98 Å². The van der Waals surface area contributed by atoms with Crippen molar-refractivity contribution in [2.24, 2.45) is 0 Å². The number of thiol groups is 1. The molecule has 0 fully saturated rings. The van der Waals surface area contributed by atoms with Crippen LogP contribution in [0, 0.1) is 6.92 Å². The second-order valence-electron chi connectivity index (χ2n) is 1.85.